The van der Waals surface area contributed by atoms with Gasteiger partial charge in [-0.15, -0.1) is 0 Å². The van der Waals surface area contributed by atoms with E-state index < -0.39 is 0 Å². The molecule has 2 rings (SSSR count). The first-order chi connectivity index (χ1) is 7.69. The summed E-state index contributed by atoms with van der Waals surface area (Å²) in [5.41, 5.74) is 1.43. The molecule has 1 saturated heterocycles. The molecule has 1 heteroatoms. The molecule has 16 heavy (non-hydrogen) atoms. The van der Waals surface area contributed by atoms with Crippen molar-refractivity contribution in [1.82, 2.24) is 4.90 Å². The van der Waals surface area contributed by atoms with Crippen LogP contribution in [-0.2, 0) is 0 Å². The highest BCUT2D eigenvalue weighted by molar-refractivity contribution is 4.97. The molecule has 1 saturated carbocycles. The van der Waals surface area contributed by atoms with Crippen LogP contribution in [0.15, 0.2) is 12.2 Å². The quantitative estimate of drug-likeness (QED) is 0.592. The van der Waals surface area contributed by atoms with Crippen molar-refractivity contribution in [2.75, 3.05) is 19.6 Å². The predicted octanol–water partition coefficient (Wildman–Crippen LogP) is 3.71. The third-order valence-electron chi connectivity index (χ3n) is 4.35. The second-order valence-corrected chi connectivity index (χ2v) is 6.08. The minimum Gasteiger partial charge on any atom is -0.302 e. The molecule has 92 valence electrons. The lowest BCUT2D eigenvalue weighted by atomic mass is 10.0. The Morgan fingerprint density at radius 3 is 2.69 bits per heavy atom. The largest absolute Gasteiger partial charge is 0.302 e. The second-order valence-electron chi connectivity index (χ2n) is 6.08. The van der Waals surface area contributed by atoms with Gasteiger partial charge in [0.1, 0.15) is 0 Å². The fourth-order valence-electron chi connectivity index (χ4n) is 3.05. The Balaban J connectivity index is 1.54. The van der Waals surface area contributed by atoms with E-state index in [1.807, 2.05) is 0 Å². The molecule has 0 bridgehead atoms. The molecule has 0 aromatic rings. The van der Waals surface area contributed by atoms with Crippen LogP contribution < -0.4 is 0 Å². The Morgan fingerprint density at radius 2 is 2.06 bits per heavy atom. The topological polar surface area (TPSA) is 3.24 Å². The molecule has 2 aliphatic rings. The van der Waals surface area contributed by atoms with Gasteiger partial charge in [-0.25, -0.2) is 0 Å². The van der Waals surface area contributed by atoms with Crippen molar-refractivity contribution in [3.63, 3.8) is 0 Å². The molecule has 0 aromatic heterocycles. The number of hydrogen-bond acceptors (Lipinski definition) is 1. The van der Waals surface area contributed by atoms with Crippen molar-refractivity contribution in [1.29, 1.82) is 0 Å². The zero-order chi connectivity index (χ0) is 11.5. The van der Waals surface area contributed by atoms with Crippen LogP contribution >= 0.6 is 0 Å². The van der Waals surface area contributed by atoms with E-state index in [0.717, 1.165) is 24.2 Å². The highest BCUT2D eigenvalue weighted by Crippen LogP contribution is 2.45. The fraction of sp³-hybridized carbons (Fsp3) is 0.867. The maximum Gasteiger partial charge on any atom is 0.00131 e. The van der Waals surface area contributed by atoms with Crippen molar-refractivity contribution in [2.24, 2.45) is 17.8 Å². The summed E-state index contributed by atoms with van der Waals surface area (Å²) < 4.78 is 0. The van der Waals surface area contributed by atoms with Crippen molar-refractivity contribution in [3.05, 3.63) is 12.2 Å². The van der Waals surface area contributed by atoms with E-state index in [0.29, 0.717) is 0 Å². The Morgan fingerprint density at radius 1 is 1.38 bits per heavy atom. The highest BCUT2D eigenvalue weighted by atomic mass is 15.2. The van der Waals surface area contributed by atoms with Gasteiger partial charge in [0.25, 0.3) is 0 Å². The number of hydrogen-bond donors (Lipinski definition) is 0. The van der Waals surface area contributed by atoms with Crippen LogP contribution in [0.5, 0.6) is 0 Å². The van der Waals surface area contributed by atoms with Gasteiger partial charge in [0, 0.05) is 19.6 Å². The van der Waals surface area contributed by atoms with Gasteiger partial charge in [0.2, 0.25) is 0 Å². The van der Waals surface area contributed by atoms with Crippen molar-refractivity contribution in [3.8, 4) is 0 Å². The maximum atomic E-state index is 4.08. The number of likely N-dealkylation sites (tertiary alicyclic amines) is 1. The zero-order valence-corrected chi connectivity index (χ0v) is 11.0. The number of piperidine rings is 1. The minimum absolute atomic E-state index is 0.877. The standard InChI is InChI=1S/C15H27N/c1-4-12(2)6-5-7-13(3)9-16-10-14-8-15(14)11-16/h13-15H,2,4-11H2,1,3H3. The second kappa shape index (κ2) is 5.35. The molecule has 1 aliphatic carbocycles. The SMILES string of the molecule is C=C(CC)CCCC(C)CN1CC2CC2C1. The molecule has 2 fully saturated rings. The van der Waals surface area contributed by atoms with E-state index in [9.17, 15) is 0 Å². The lowest BCUT2D eigenvalue weighted by Crippen LogP contribution is -2.28. The van der Waals surface area contributed by atoms with Gasteiger partial charge in [-0.2, -0.15) is 0 Å². The Labute approximate surface area is 101 Å². The average molecular weight is 221 g/mol. The lowest BCUT2D eigenvalue weighted by Gasteiger charge is -2.22. The fourth-order valence-corrected chi connectivity index (χ4v) is 3.05. The van der Waals surface area contributed by atoms with Crippen LogP contribution in [-0.4, -0.2) is 24.5 Å². The number of fused-ring (bicyclic) bond motifs is 1. The highest BCUT2D eigenvalue weighted by Gasteiger charge is 2.44. The summed E-state index contributed by atoms with van der Waals surface area (Å²) in [5, 5.41) is 0. The molecule has 0 radical (unpaired) electrons. The Bertz CT molecular complexity index is 236. The molecule has 0 aromatic carbocycles. The van der Waals surface area contributed by atoms with Gasteiger partial charge in [-0.05, 0) is 49.9 Å². The molecule has 0 amide bonds. The molecular weight excluding hydrogens is 194 g/mol. The molecule has 0 spiro atoms. The zero-order valence-electron chi connectivity index (χ0n) is 11.0. The van der Waals surface area contributed by atoms with E-state index in [1.54, 1.807) is 0 Å². The van der Waals surface area contributed by atoms with Gasteiger partial charge in [-0.3, -0.25) is 0 Å². The number of nitrogens with zero attached hydrogens (tertiary/aromatic N) is 1. The monoisotopic (exact) mass is 221 g/mol. The molecule has 3 atom stereocenters. The van der Waals surface area contributed by atoms with Crippen molar-refractivity contribution in [2.45, 2.75) is 46.0 Å². The van der Waals surface area contributed by atoms with Crippen LogP contribution in [0.2, 0.25) is 0 Å². The molecule has 0 N–H and O–H groups in total. The normalized spacial score (nSPS) is 30.1. The summed E-state index contributed by atoms with van der Waals surface area (Å²) in [7, 11) is 0. The molecule has 1 heterocycles. The van der Waals surface area contributed by atoms with Crippen LogP contribution in [0.25, 0.3) is 0 Å². The number of rotatable bonds is 7. The van der Waals surface area contributed by atoms with Gasteiger partial charge in [0.15, 0.2) is 0 Å². The molecule has 3 unspecified atom stereocenters. The summed E-state index contributed by atoms with van der Waals surface area (Å²) >= 11 is 0. The molecule has 1 nitrogen and oxygen atoms in total. The lowest BCUT2D eigenvalue weighted by molar-refractivity contribution is 0.254. The summed E-state index contributed by atoms with van der Waals surface area (Å²) in [5.74, 6) is 3.06. The first-order valence-electron chi connectivity index (χ1n) is 7.08. The van der Waals surface area contributed by atoms with Crippen molar-refractivity contribution < 1.29 is 0 Å². The van der Waals surface area contributed by atoms with Crippen LogP contribution in [0.4, 0.5) is 0 Å². The van der Waals surface area contributed by atoms with Gasteiger partial charge >= 0.3 is 0 Å². The van der Waals surface area contributed by atoms with Gasteiger partial charge < -0.3 is 4.90 Å². The van der Waals surface area contributed by atoms with Crippen LogP contribution in [0, 0.1) is 17.8 Å². The van der Waals surface area contributed by atoms with E-state index >= 15 is 0 Å². The minimum atomic E-state index is 0.877. The average Bonchev–Trinajstić information content (AvgIpc) is 2.86. The third kappa shape index (κ3) is 3.35. The van der Waals surface area contributed by atoms with Crippen LogP contribution in [0.1, 0.15) is 46.0 Å². The van der Waals surface area contributed by atoms with Crippen molar-refractivity contribution >= 4 is 0 Å². The number of allylic oxidation sites excluding steroid dienone is 1. The summed E-state index contributed by atoms with van der Waals surface area (Å²) in [6.07, 6.45) is 6.65. The van der Waals surface area contributed by atoms with E-state index in [4.69, 9.17) is 0 Å². The summed E-state index contributed by atoms with van der Waals surface area (Å²) in [6.45, 7) is 12.8. The van der Waals surface area contributed by atoms with Gasteiger partial charge in [0.05, 0.1) is 0 Å². The maximum absolute atomic E-state index is 4.08. The van der Waals surface area contributed by atoms with E-state index in [-0.39, 0.29) is 0 Å². The Kier molecular flexibility index (Phi) is 4.07. The predicted molar refractivity (Wildman–Crippen MR) is 70.5 cm³/mol. The summed E-state index contributed by atoms with van der Waals surface area (Å²) in [6, 6.07) is 0. The first-order valence-corrected chi connectivity index (χ1v) is 7.08. The Hall–Kier alpha value is -0.300. The summed E-state index contributed by atoms with van der Waals surface area (Å²) in [4.78, 5) is 2.69. The van der Waals surface area contributed by atoms with E-state index in [2.05, 4.69) is 25.3 Å². The third-order valence-corrected chi connectivity index (χ3v) is 4.35. The molecule has 1 aliphatic heterocycles. The van der Waals surface area contributed by atoms with E-state index in [1.165, 1.54) is 50.9 Å². The first kappa shape index (κ1) is 12.2. The smallest absolute Gasteiger partial charge is 0.00131 e. The van der Waals surface area contributed by atoms with Gasteiger partial charge in [-0.1, -0.05) is 26.0 Å². The molecular formula is C15H27N. The van der Waals surface area contributed by atoms with Crippen LogP contribution in [0.3, 0.4) is 0 Å².